The van der Waals surface area contributed by atoms with Gasteiger partial charge in [-0.25, -0.2) is 0 Å². The summed E-state index contributed by atoms with van der Waals surface area (Å²) < 4.78 is 0. The zero-order valence-electron chi connectivity index (χ0n) is 9.58. The van der Waals surface area contributed by atoms with Crippen molar-refractivity contribution in [3.8, 4) is 0 Å². The second-order valence-corrected chi connectivity index (χ2v) is 3.82. The highest BCUT2D eigenvalue weighted by molar-refractivity contribution is 5.15. The molecule has 0 amide bonds. The first-order chi connectivity index (χ1) is 7.36. The van der Waals surface area contributed by atoms with Gasteiger partial charge in [-0.1, -0.05) is 43.3 Å². The molecule has 1 atom stereocenters. The summed E-state index contributed by atoms with van der Waals surface area (Å²) in [6.45, 7) is 7.12. The lowest BCUT2D eigenvalue weighted by Crippen LogP contribution is -2.28. The average Bonchev–Trinajstić information content (AvgIpc) is 2.31. The summed E-state index contributed by atoms with van der Waals surface area (Å²) in [6.07, 6.45) is 5.44. The molecule has 0 fully saturated rings. The Balaban J connectivity index is 2.31. The average molecular weight is 203 g/mol. The van der Waals surface area contributed by atoms with Gasteiger partial charge in [-0.2, -0.15) is 0 Å². The number of rotatable bonds is 7. The molecule has 1 unspecified atom stereocenters. The van der Waals surface area contributed by atoms with Gasteiger partial charge in [0.2, 0.25) is 0 Å². The topological polar surface area (TPSA) is 12.0 Å². The van der Waals surface area contributed by atoms with Gasteiger partial charge in [-0.3, -0.25) is 0 Å². The van der Waals surface area contributed by atoms with Gasteiger partial charge in [0, 0.05) is 6.04 Å². The van der Waals surface area contributed by atoms with E-state index in [2.05, 4.69) is 49.2 Å². The first-order valence-electron chi connectivity index (χ1n) is 5.76. The van der Waals surface area contributed by atoms with Gasteiger partial charge >= 0.3 is 0 Å². The first-order valence-corrected chi connectivity index (χ1v) is 5.76. The summed E-state index contributed by atoms with van der Waals surface area (Å²) >= 11 is 0. The van der Waals surface area contributed by atoms with Crippen molar-refractivity contribution in [2.45, 2.75) is 32.2 Å². The second-order valence-electron chi connectivity index (χ2n) is 3.82. The molecule has 0 aliphatic heterocycles. The molecule has 15 heavy (non-hydrogen) atoms. The molecule has 0 saturated heterocycles. The maximum absolute atomic E-state index is 3.86. The molecule has 0 bridgehead atoms. The lowest BCUT2D eigenvalue weighted by atomic mass is 10.1. The van der Waals surface area contributed by atoms with Crippen LogP contribution in [-0.4, -0.2) is 12.6 Å². The third kappa shape index (κ3) is 4.80. The summed E-state index contributed by atoms with van der Waals surface area (Å²) in [4.78, 5) is 0. The number of aryl methyl sites for hydroxylation is 1. The van der Waals surface area contributed by atoms with Crippen LogP contribution < -0.4 is 5.32 Å². The molecule has 0 radical (unpaired) electrons. The lowest BCUT2D eigenvalue weighted by Gasteiger charge is -2.13. The van der Waals surface area contributed by atoms with E-state index in [1.807, 2.05) is 6.08 Å². The van der Waals surface area contributed by atoms with Gasteiger partial charge < -0.3 is 5.32 Å². The van der Waals surface area contributed by atoms with Crippen molar-refractivity contribution < 1.29 is 0 Å². The van der Waals surface area contributed by atoms with Crippen LogP contribution in [0.3, 0.4) is 0 Å². The van der Waals surface area contributed by atoms with E-state index >= 15 is 0 Å². The fourth-order valence-electron chi connectivity index (χ4n) is 1.60. The van der Waals surface area contributed by atoms with E-state index in [4.69, 9.17) is 0 Å². The van der Waals surface area contributed by atoms with E-state index in [-0.39, 0.29) is 0 Å². The van der Waals surface area contributed by atoms with E-state index in [9.17, 15) is 0 Å². The zero-order chi connectivity index (χ0) is 10.9. The molecular formula is C14H21N. The van der Waals surface area contributed by atoms with Gasteiger partial charge in [0.05, 0.1) is 0 Å². The monoisotopic (exact) mass is 203 g/mol. The second kappa shape index (κ2) is 7.24. The van der Waals surface area contributed by atoms with Crippen molar-refractivity contribution >= 4 is 0 Å². The van der Waals surface area contributed by atoms with E-state index in [1.165, 1.54) is 12.0 Å². The quantitative estimate of drug-likeness (QED) is 0.671. The van der Waals surface area contributed by atoms with E-state index in [0.717, 1.165) is 19.4 Å². The Labute approximate surface area is 93.2 Å². The van der Waals surface area contributed by atoms with Crippen molar-refractivity contribution in [1.82, 2.24) is 5.32 Å². The Morgan fingerprint density at radius 2 is 2.07 bits per heavy atom. The summed E-state index contributed by atoms with van der Waals surface area (Å²) in [6, 6.07) is 11.1. The Hall–Kier alpha value is -1.08. The minimum Gasteiger partial charge on any atom is -0.311 e. The van der Waals surface area contributed by atoms with Gasteiger partial charge in [0.1, 0.15) is 0 Å². The molecule has 1 heteroatoms. The molecule has 0 heterocycles. The molecule has 0 aliphatic rings. The van der Waals surface area contributed by atoms with Crippen molar-refractivity contribution in [2.24, 2.45) is 0 Å². The van der Waals surface area contributed by atoms with Gasteiger partial charge in [0.25, 0.3) is 0 Å². The molecule has 0 aliphatic carbocycles. The fraction of sp³-hybridized carbons (Fsp3) is 0.429. The number of hydrogen-bond donors (Lipinski definition) is 1. The molecule has 1 rings (SSSR count). The largest absolute Gasteiger partial charge is 0.311 e. The summed E-state index contributed by atoms with van der Waals surface area (Å²) in [5.41, 5.74) is 1.41. The zero-order valence-corrected chi connectivity index (χ0v) is 9.58. The highest BCUT2D eigenvalue weighted by Crippen LogP contribution is 2.05. The molecular weight excluding hydrogens is 182 g/mol. The number of nitrogens with one attached hydrogen (secondary N) is 1. The predicted octanol–water partition coefficient (Wildman–Crippen LogP) is 3.17. The molecule has 1 nitrogen and oxygen atoms in total. The van der Waals surface area contributed by atoms with Crippen LogP contribution >= 0.6 is 0 Å². The van der Waals surface area contributed by atoms with Crippen LogP contribution in [-0.2, 0) is 6.42 Å². The van der Waals surface area contributed by atoms with E-state index < -0.39 is 0 Å². The Morgan fingerprint density at radius 3 is 2.67 bits per heavy atom. The van der Waals surface area contributed by atoms with Crippen LogP contribution in [0.5, 0.6) is 0 Å². The molecule has 1 N–H and O–H groups in total. The predicted molar refractivity (Wildman–Crippen MR) is 67.0 cm³/mol. The van der Waals surface area contributed by atoms with Crippen LogP contribution in [0, 0.1) is 0 Å². The molecule has 1 aromatic carbocycles. The lowest BCUT2D eigenvalue weighted by molar-refractivity contribution is 0.554. The summed E-state index contributed by atoms with van der Waals surface area (Å²) in [7, 11) is 0. The standard InChI is InChI=1S/C14H21N/c1-3-12-15-14(4-2)11-10-13-8-6-5-7-9-13/h4-9,14-15H,2-3,10-12H2,1H3. The molecule has 0 aromatic heterocycles. The highest BCUT2D eigenvalue weighted by atomic mass is 14.9. The third-order valence-electron chi connectivity index (χ3n) is 2.53. The van der Waals surface area contributed by atoms with Crippen LogP contribution in [0.2, 0.25) is 0 Å². The normalized spacial score (nSPS) is 12.3. The van der Waals surface area contributed by atoms with Crippen LogP contribution in [0.4, 0.5) is 0 Å². The van der Waals surface area contributed by atoms with Gasteiger partial charge in [-0.05, 0) is 31.4 Å². The maximum Gasteiger partial charge on any atom is 0.0250 e. The number of benzene rings is 1. The Kier molecular flexibility index (Phi) is 5.79. The highest BCUT2D eigenvalue weighted by Gasteiger charge is 2.02. The van der Waals surface area contributed by atoms with Crippen molar-refractivity contribution in [3.05, 3.63) is 48.6 Å². The summed E-state index contributed by atoms with van der Waals surface area (Å²) in [5, 5.41) is 3.47. The minimum absolute atomic E-state index is 0.449. The number of hydrogen-bond acceptors (Lipinski definition) is 1. The van der Waals surface area contributed by atoms with Crippen LogP contribution in [0.15, 0.2) is 43.0 Å². The Bertz CT molecular complexity index is 266. The van der Waals surface area contributed by atoms with Gasteiger partial charge in [0.15, 0.2) is 0 Å². The minimum atomic E-state index is 0.449. The fourth-order valence-corrected chi connectivity index (χ4v) is 1.60. The summed E-state index contributed by atoms with van der Waals surface area (Å²) in [5.74, 6) is 0. The van der Waals surface area contributed by atoms with Crippen molar-refractivity contribution in [1.29, 1.82) is 0 Å². The van der Waals surface area contributed by atoms with E-state index in [1.54, 1.807) is 0 Å². The SMILES string of the molecule is C=CC(CCc1ccccc1)NCCC. The molecule has 82 valence electrons. The van der Waals surface area contributed by atoms with Crippen LogP contribution in [0.25, 0.3) is 0 Å². The molecule has 0 saturated carbocycles. The molecule has 0 spiro atoms. The maximum atomic E-state index is 3.86. The first kappa shape index (κ1) is 12.0. The van der Waals surface area contributed by atoms with Gasteiger partial charge in [-0.15, -0.1) is 6.58 Å². The van der Waals surface area contributed by atoms with Crippen molar-refractivity contribution in [3.63, 3.8) is 0 Å². The molecule has 1 aromatic rings. The van der Waals surface area contributed by atoms with Crippen molar-refractivity contribution in [2.75, 3.05) is 6.54 Å². The van der Waals surface area contributed by atoms with Crippen LogP contribution in [0.1, 0.15) is 25.3 Å². The third-order valence-corrected chi connectivity index (χ3v) is 2.53. The van der Waals surface area contributed by atoms with E-state index in [0.29, 0.717) is 6.04 Å². The smallest absolute Gasteiger partial charge is 0.0250 e. The Morgan fingerprint density at radius 1 is 1.33 bits per heavy atom.